The van der Waals surface area contributed by atoms with Crippen molar-refractivity contribution in [2.24, 2.45) is 0 Å². The number of anilines is 3. The topological polar surface area (TPSA) is 43.9 Å². The molecule has 44 heavy (non-hydrogen) atoms. The van der Waals surface area contributed by atoms with Gasteiger partial charge in [0.15, 0.2) is 0 Å². The summed E-state index contributed by atoms with van der Waals surface area (Å²) in [5, 5.41) is 6.60. The second-order valence-electron chi connectivity index (χ2n) is 11.9. The van der Waals surface area contributed by atoms with E-state index in [1.165, 1.54) is 22.5 Å². The molecule has 3 heterocycles. The maximum absolute atomic E-state index is 6.31. The van der Waals surface area contributed by atoms with Gasteiger partial charge in [0.05, 0.1) is 23.8 Å². The average molecular weight is 606 g/mol. The van der Waals surface area contributed by atoms with Crippen LogP contribution in [0.15, 0.2) is 84.9 Å². The van der Waals surface area contributed by atoms with Gasteiger partial charge in [0.2, 0.25) is 0 Å². The van der Waals surface area contributed by atoms with E-state index in [-0.39, 0.29) is 0 Å². The molecule has 0 spiro atoms. The monoisotopic (exact) mass is 605 g/mol. The number of para-hydroxylation sites is 2. The third-order valence-electron chi connectivity index (χ3n) is 9.22. The molecule has 0 atom stereocenters. The molecule has 1 N–H and O–H groups in total. The summed E-state index contributed by atoms with van der Waals surface area (Å²) in [6.45, 7) is 8.46. The molecule has 0 amide bonds. The van der Waals surface area contributed by atoms with Crippen molar-refractivity contribution < 1.29 is 4.74 Å². The number of halogens is 1. The fraction of sp³-hybridized carbons (Fsp3) is 0.324. The normalized spacial score (nSPS) is 15.6. The van der Waals surface area contributed by atoms with Gasteiger partial charge in [0, 0.05) is 73.0 Å². The van der Waals surface area contributed by atoms with Crippen molar-refractivity contribution in [2.75, 3.05) is 69.7 Å². The van der Waals surface area contributed by atoms with Gasteiger partial charge >= 0.3 is 0 Å². The summed E-state index contributed by atoms with van der Waals surface area (Å²) >= 11 is 6.31. The Labute approximate surface area is 265 Å². The highest BCUT2D eigenvalue weighted by molar-refractivity contribution is 6.31. The SMILES string of the molecule is COc1ccc2nc3cc(Cl)ccc3c(NCCN3CCN(CCCN4c5ccccc5CCc5ccccc54)CC3)c2c1. The molecule has 2 aliphatic rings. The van der Waals surface area contributed by atoms with E-state index in [4.69, 9.17) is 21.3 Å². The minimum absolute atomic E-state index is 0.697. The molecule has 7 rings (SSSR count). The molecule has 0 saturated carbocycles. The lowest BCUT2D eigenvalue weighted by molar-refractivity contribution is 0.135. The van der Waals surface area contributed by atoms with Crippen LogP contribution in [-0.4, -0.2) is 74.3 Å². The molecule has 7 heteroatoms. The molecule has 2 aliphatic heterocycles. The minimum Gasteiger partial charge on any atom is -0.497 e. The molecule has 0 bridgehead atoms. The van der Waals surface area contributed by atoms with Crippen LogP contribution in [0.3, 0.4) is 0 Å². The molecular formula is C37H40ClN5O. The van der Waals surface area contributed by atoms with Gasteiger partial charge in [-0.1, -0.05) is 48.0 Å². The fourth-order valence-corrected chi connectivity index (χ4v) is 7.02. The first-order valence-electron chi connectivity index (χ1n) is 15.9. The largest absolute Gasteiger partial charge is 0.497 e. The van der Waals surface area contributed by atoms with E-state index in [0.717, 1.165) is 105 Å². The summed E-state index contributed by atoms with van der Waals surface area (Å²) in [6.07, 6.45) is 3.37. The number of aromatic nitrogens is 1. The number of nitrogens with one attached hydrogen (secondary N) is 1. The number of rotatable bonds is 9. The van der Waals surface area contributed by atoms with E-state index in [2.05, 4.69) is 80.7 Å². The first kappa shape index (κ1) is 28.9. The number of hydrogen-bond acceptors (Lipinski definition) is 6. The molecule has 1 saturated heterocycles. The number of ether oxygens (including phenoxy) is 1. The molecule has 0 radical (unpaired) electrons. The van der Waals surface area contributed by atoms with Gasteiger partial charge < -0.3 is 19.9 Å². The van der Waals surface area contributed by atoms with E-state index in [9.17, 15) is 0 Å². The molecule has 1 aromatic heterocycles. The van der Waals surface area contributed by atoms with Gasteiger partial charge in [-0.25, -0.2) is 4.98 Å². The molecular weight excluding hydrogens is 566 g/mol. The first-order chi connectivity index (χ1) is 21.7. The van der Waals surface area contributed by atoms with Crippen molar-refractivity contribution in [3.8, 4) is 5.75 Å². The van der Waals surface area contributed by atoms with Gasteiger partial charge in [0.25, 0.3) is 0 Å². The van der Waals surface area contributed by atoms with Crippen LogP contribution >= 0.6 is 11.6 Å². The zero-order valence-electron chi connectivity index (χ0n) is 25.4. The number of piperazine rings is 1. The van der Waals surface area contributed by atoms with Crippen LogP contribution in [0.4, 0.5) is 17.1 Å². The molecule has 1 fully saturated rings. The maximum Gasteiger partial charge on any atom is 0.119 e. The lowest BCUT2D eigenvalue weighted by Gasteiger charge is -2.35. The highest BCUT2D eigenvalue weighted by Gasteiger charge is 2.21. The van der Waals surface area contributed by atoms with Crippen molar-refractivity contribution in [3.63, 3.8) is 0 Å². The second kappa shape index (κ2) is 13.0. The van der Waals surface area contributed by atoms with Crippen molar-refractivity contribution in [1.82, 2.24) is 14.8 Å². The third-order valence-corrected chi connectivity index (χ3v) is 9.46. The van der Waals surface area contributed by atoms with E-state index in [1.807, 2.05) is 24.3 Å². The Morgan fingerprint density at radius 3 is 2.11 bits per heavy atom. The third kappa shape index (κ3) is 6.07. The Morgan fingerprint density at radius 1 is 0.727 bits per heavy atom. The van der Waals surface area contributed by atoms with Gasteiger partial charge in [0.1, 0.15) is 5.75 Å². The fourth-order valence-electron chi connectivity index (χ4n) is 6.85. The standard InChI is InChI=1S/C37H40ClN5O/c1-44-30-14-16-33-32(26-30)37(31-15-13-29(38)25-34(31)40-33)39-17-20-42-23-21-41(22-24-42)18-6-19-43-35-9-4-2-7-27(35)11-12-28-8-3-5-10-36(28)43/h2-5,7-10,13-16,25-26H,6,11-12,17-24H2,1H3,(H,39,40). The van der Waals surface area contributed by atoms with Crippen molar-refractivity contribution in [1.29, 1.82) is 0 Å². The number of benzene rings is 4. The van der Waals surface area contributed by atoms with Gasteiger partial charge in [-0.3, -0.25) is 4.90 Å². The summed E-state index contributed by atoms with van der Waals surface area (Å²) in [4.78, 5) is 12.6. The van der Waals surface area contributed by atoms with Crippen LogP contribution < -0.4 is 15.0 Å². The molecule has 226 valence electrons. The Hall–Kier alpha value is -3.84. The first-order valence-corrected chi connectivity index (χ1v) is 16.2. The zero-order chi connectivity index (χ0) is 29.9. The Balaban J connectivity index is 0.946. The van der Waals surface area contributed by atoms with Crippen LogP contribution in [0.2, 0.25) is 5.02 Å². The predicted octanol–water partition coefficient (Wildman–Crippen LogP) is 7.41. The lowest BCUT2D eigenvalue weighted by Crippen LogP contribution is -2.48. The molecule has 4 aromatic carbocycles. The number of fused-ring (bicyclic) bond motifs is 4. The van der Waals surface area contributed by atoms with Crippen LogP contribution in [0.25, 0.3) is 21.8 Å². The highest BCUT2D eigenvalue weighted by atomic mass is 35.5. The number of nitrogens with zero attached hydrogens (tertiary/aromatic N) is 4. The number of aryl methyl sites for hydroxylation is 2. The zero-order valence-corrected chi connectivity index (χ0v) is 26.2. The van der Waals surface area contributed by atoms with Gasteiger partial charge in [-0.05, 0) is 85.5 Å². The highest BCUT2D eigenvalue weighted by Crippen LogP contribution is 2.36. The smallest absolute Gasteiger partial charge is 0.119 e. The predicted molar refractivity (Wildman–Crippen MR) is 184 cm³/mol. The van der Waals surface area contributed by atoms with Gasteiger partial charge in [-0.15, -0.1) is 0 Å². The van der Waals surface area contributed by atoms with Crippen LogP contribution in [0, 0.1) is 0 Å². The lowest BCUT2D eigenvalue weighted by atomic mass is 10.0. The summed E-state index contributed by atoms with van der Waals surface area (Å²) in [5.74, 6) is 0.830. The van der Waals surface area contributed by atoms with Crippen molar-refractivity contribution >= 4 is 50.5 Å². The molecule has 0 unspecified atom stereocenters. The average Bonchev–Trinajstić information content (AvgIpc) is 3.22. The second-order valence-corrected chi connectivity index (χ2v) is 12.3. The molecule has 6 nitrogen and oxygen atoms in total. The van der Waals surface area contributed by atoms with Crippen molar-refractivity contribution in [3.05, 3.63) is 101 Å². The van der Waals surface area contributed by atoms with E-state index >= 15 is 0 Å². The van der Waals surface area contributed by atoms with Crippen LogP contribution in [0.5, 0.6) is 5.75 Å². The Bertz CT molecular complexity index is 1720. The number of pyridine rings is 1. The summed E-state index contributed by atoms with van der Waals surface area (Å²) in [6, 6.07) is 29.9. The maximum atomic E-state index is 6.31. The summed E-state index contributed by atoms with van der Waals surface area (Å²) in [5.41, 5.74) is 8.61. The Kier molecular flexibility index (Phi) is 8.56. The van der Waals surface area contributed by atoms with E-state index < -0.39 is 0 Å². The van der Waals surface area contributed by atoms with E-state index in [1.54, 1.807) is 7.11 Å². The number of hydrogen-bond donors (Lipinski definition) is 1. The van der Waals surface area contributed by atoms with Gasteiger partial charge in [-0.2, -0.15) is 0 Å². The van der Waals surface area contributed by atoms with Crippen LogP contribution in [-0.2, 0) is 12.8 Å². The summed E-state index contributed by atoms with van der Waals surface area (Å²) < 4.78 is 5.52. The quantitative estimate of drug-likeness (QED) is 0.177. The molecule has 5 aromatic rings. The Morgan fingerprint density at radius 2 is 1.41 bits per heavy atom. The van der Waals surface area contributed by atoms with E-state index in [0.29, 0.717) is 5.02 Å². The molecule has 0 aliphatic carbocycles. The van der Waals surface area contributed by atoms with Crippen molar-refractivity contribution in [2.45, 2.75) is 19.3 Å². The summed E-state index contributed by atoms with van der Waals surface area (Å²) in [7, 11) is 1.70. The minimum atomic E-state index is 0.697. The van der Waals surface area contributed by atoms with Crippen LogP contribution in [0.1, 0.15) is 17.5 Å². The number of methoxy groups -OCH3 is 1.